The highest BCUT2D eigenvalue weighted by molar-refractivity contribution is 6.00. The Bertz CT molecular complexity index is 1710. The van der Waals surface area contributed by atoms with E-state index in [9.17, 15) is 4.39 Å². The first-order valence-electron chi connectivity index (χ1n) is 11.8. The van der Waals surface area contributed by atoms with Crippen molar-refractivity contribution in [1.82, 2.24) is 40.0 Å². The van der Waals surface area contributed by atoms with Gasteiger partial charge in [0.2, 0.25) is 0 Å². The molecule has 0 radical (unpaired) electrons. The fraction of sp³-hybridized carbons (Fsp3) is 0.148. The molecule has 0 spiro atoms. The summed E-state index contributed by atoms with van der Waals surface area (Å²) < 4.78 is 14.6. The smallest absolute Gasteiger partial charge is 0.155 e. The number of benzene rings is 1. The van der Waals surface area contributed by atoms with Crippen LogP contribution in [0.15, 0.2) is 67.6 Å². The van der Waals surface area contributed by atoms with E-state index in [1.807, 2.05) is 32.3 Å². The summed E-state index contributed by atoms with van der Waals surface area (Å²) in [4.78, 5) is 22.6. The highest BCUT2D eigenvalue weighted by Gasteiger charge is 2.16. The third-order valence-electron chi connectivity index (χ3n) is 6.21. The molecule has 1 aromatic carbocycles. The van der Waals surface area contributed by atoms with Crippen molar-refractivity contribution in [3.8, 4) is 33.6 Å². The lowest BCUT2D eigenvalue weighted by atomic mass is 10.0. The second-order valence-corrected chi connectivity index (χ2v) is 9.11. The maximum Gasteiger partial charge on any atom is 0.155 e. The molecule has 0 fully saturated rings. The van der Waals surface area contributed by atoms with Crippen molar-refractivity contribution < 1.29 is 4.39 Å². The average Bonchev–Trinajstić information content (AvgIpc) is 3.52. The van der Waals surface area contributed by atoms with Crippen molar-refractivity contribution >= 4 is 27.6 Å². The zero-order valence-electron chi connectivity index (χ0n) is 20.3. The van der Waals surface area contributed by atoms with Crippen molar-refractivity contribution in [3.63, 3.8) is 0 Å². The van der Waals surface area contributed by atoms with Gasteiger partial charge in [-0.25, -0.2) is 19.3 Å². The van der Waals surface area contributed by atoms with Crippen LogP contribution in [0.1, 0.15) is 0 Å². The number of H-pyrrole nitrogens is 2. The van der Waals surface area contributed by atoms with E-state index in [1.165, 1.54) is 18.5 Å². The van der Waals surface area contributed by atoms with Gasteiger partial charge in [-0.2, -0.15) is 5.10 Å². The van der Waals surface area contributed by atoms with Crippen LogP contribution in [0.5, 0.6) is 0 Å². The minimum atomic E-state index is -0.306. The third-order valence-corrected chi connectivity index (χ3v) is 6.21. The number of rotatable bonds is 7. The van der Waals surface area contributed by atoms with Crippen molar-refractivity contribution in [1.29, 1.82) is 0 Å². The SMILES string of the molecule is CN(C)CCNc1cc(F)cc(-c2cncc3[nH]c(-c4n[nH]c5ncc(-c6cncnc6)cc45)cc23)c1. The van der Waals surface area contributed by atoms with Crippen LogP contribution in [0.25, 0.3) is 55.6 Å². The van der Waals surface area contributed by atoms with E-state index in [0.717, 1.165) is 62.2 Å². The van der Waals surface area contributed by atoms with Crippen molar-refractivity contribution in [2.75, 3.05) is 32.5 Å². The zero-order valence-corrected chi connectivity index (χ0v) is 20.3. The number of anilines is 1. The lowest BCUT2D eigenvalue weighted by Crippen LogP contribution is -2.20. The van der Waals surface area contributed by atoms with Crippen molar-refractivity contribution in [2.45, 2.75) is 0 Å². The topological polar surface area (TPSA) is 111 Å². The largest absolute Gasteiger partial charge is 0.384 e. The molecule has 0 amide bonds. The summed E-state index contributed by atoms with van der Waals surface area (Å²) in [5.74, 6) is -0.306. The number of nitrogens with one attached hydrogen (secondary N) is 3. The Morgan fingerprint density at radius 3 is 2.57 bits per heavy atom. The number of pyridine rings is 2. The van der Waals surface area contributed by atoms with Gasteiger partial charge in [-0.1, -0.05) is 0 Å². The highest BCUT2D eigenvalue weighted by Crippen LogP contribution is 2.35. The van der Waals surface area contributed by atoms with E-state index < -0.39 is 0 Å². The normalized spacial score (nSPS) is 11.6. The zero-order chi connectivity index (χ0) is 25.4. The minimum Gasteiger partial charge on any atom is -0.384 e. The van der Waals surface area contributed by atoms with Crippen LogP contribution in [0.2, 0.25) is 0 Å². The molecule has 3 N–H and O–H groups in total. The van der Waals surface area contributed by atoms with E-state index in [-0.39, 0.29) is 5.82 Å². The minimum absolute atomic E-state index is 0.306. The van der Waals surface area contributed by atoms with Crippen LogP contribution in [0.4, 0.5) is 10.1 Å². The molecule has 6 rings (SSSR count). The predicted molar refractivity (Wildman–Crippen MR) is 142 cm³/mol. The Kier molecular flexibility index (Phi) is 5.78. The van der Waals surface area contributed by atoms with Crippen LogP contribution in [0, 0.1) is 5.82 Å². The van der Waals surface area contributed by atoms with Crippen LogP contribution in [0.3, 0.4) is 0 Å². The quantitative estimate of drug-likeness (QED) is 0.295. The molecule has 37 heavy (non-hydrogen) atoms. The number of hydrogen-bond donors (Lipinski definition) is 3. The lowest BCUT2D eigenvalue weighted by Gasteiger charge is -2.13. The number of aromatic nitrogens is 7. The maximum atomic E-state index is 14.6. The molecule has 0 aliphatic carbocycles. The molecule has 5 heterocycles. The summed E-state index contributed by atoms with van der Waals surface area (Å²) in [5, 5.41) is 12.6. The standard InChI is InChI=1S/C27H24FN9/c1-37(2)4-3-32-20-6-16(5-19(28)8-20)23-13-29-14-25-21(23)9-24(34-25)26-22-7-17(12-33-27(22)36-35-26)18-10-30-15-31-11-18/h5-15,32,34H,3-4H2,1-2H3,(H,33,35,36). The van der Waals surface area contributed by atoms with Crippen molar-refractivity contribution in [3.05, 3.63) is 73.5 Å². The molecule has 0 saturated heterocycles. The molecule has 0 atom stereocenters. The van der Waals surface area contributed by atoms with Gasteiger partial charge in [-0.05, 0) is 50.0 Å². The predicted octanol–water partition coefficient (Wildman–Crippen LogP) is 4.74. The average molecular weight is 494 g/mol. The van der Waals surface area contributed by atoms with Gasteiger partial charge in [-0.3, -0.25) is 10.1 Å². The molecule has 0 bridgehead atoms. The van der Waals surface area contributed by atoms with Gasteiger partial charge in [0, 0.05) is 71.0 Å². The van der Waals surface area contributed by atoms with Crippen LogP contribution >= 0.6 is 0 Å². The molecule has 10 heteroatoms. The number of aromatic amines is 2. The summed E-state index contributed by atoms with van der Waals surface area (Å²) in [6.45, 7) is 1.56. The first-order chi connectivity index (χ1) is 18.0. The summed E-state index contributed by atoms with van der Waals surface area (Å²) in [6.07, 6.45) is 10.3. The van der Waals surface area contributed by atoms with Crippen LogP contribution < -0.4 is 5.32 Å². The summed E-state index contributed by atoms with van der Waals surface area (Å²) in [6, 6.07) is 9.02. The van der Waals surface area contributed by atoms with Gasteiger partial charge < -0.3 is 15.2 Å². The fourth-order valence-corrected chi connectivity index (χ4v) is 4.39. The monoisotopic (exact) mass is 493 g/mol. The van der Waals surface area contributed by atoms with Gasteiger partial charge in [0.25, 0.3) is 0 Å². The Hall–Kier alpha value is -4.70. The number of nitrogens with zero attached hydrogens (tertiary/aromatic N) is 6. The number of hydrogen-bond acceptors (Lipinski definition) is 7. The fourth-order valence-electron chi connectivity index (χ4n) is 4.39. The number of likely N-dealkylation sites (N-methyl/N-ethyl adjacent to an activating group) is 1. The second kappa shape index (κ2) is 9.40. The Labute approximate surface area is 211 Å². The Morgan fingerprint density at radius 1 is 0.865 bits per heavy atom. The first kappa shape index (κ1) is 22.7. The van der Waals surface area contributed by atoms with Gasteiger partial charge in [0.05, 0.1) is 17.4 Å². The van der Waals surface area contributed by atoms with E-state index in [2.05, 4.69) is 45.3 Å². The maximum absolute atomic E-state index is 14.6. The summed E-state index contributed by atoms with van der Waals surface area (Å²) in [7, 11) is 4.01. The highest BCUT2D eigenvalue weighted by atomic mass is 19.1. The molecule has 0 unspecified atom stereocenters. The van der Waals surface area contributed by atoms with Crippen LogP contribution in [-0.2, 0) is 0 Å². The molecule has 0 saturated carbocycles. The molecule has 9 nitrogen and oxygen atoms in total. The molecular formula is C27H24FN9. The number of fused-ring (bicyclic) bond motifs is 2. The van der Waals surface area contributed by atoms with Crippen molar-refractivity contribution in [2.24, 2.45) is 0 Å². The molecule has 0 aliphatic heterocycles. The van der Waals surface area contributed by atoms with E-state index in [0.29, 0.717) is 12.2 Å². The molecule has 0 aliphatic rings. The summed E-state index contributed by atoms with van der Waals surface area (Å²) >= 11 is 0. The lowest BCUT2D eigenvalue weighted by molar-refractivity contribution is 0.425. The van der Waals surface area contributed by atoms with E-state index in [1.54, 1.807) is 31.0 Å². The molecule has 5 aromatic heterocycles. The van der Waals surface area contributed by atoms with E-state index >= 15 is 0 Å². The third kappa shape index (κ3) is 4.50. The van der Waals surface area contributed by atoms with Gasteiger partial charge in [0.15, 0.2) is 5.65 Å². The van der Waals surface area contributed by atoms with Gasteiger partial charge in [0.1, 0.15) is 17.8 Å². The molecule has 184 valence electrons. The second-order valence-electron chi connectivity index (χ2n) is 9.11. The first-order valence-corrected chi connectivity index (χ1v) is 11.8. The van der Waals surface area contributed by atoms with Gasteiger partial charge in [-0.15, -0.1) is 0 Å². The molecule has 6 aromatic rings. The molecular weight excluding hydrogens is 469 g/mol. The Morgan fingerprint density at radius 2 is 1.73 bits per heavy atom. The van der Waals surface area contributed by atoms with E-state index in [4.69, 9.17) is 0 Å². The Balaban J connectivity index is 1.41. The van der Waals surface area contributed by atoms with Crippen LogP contribution in [-0.4, -0.2) is 67.2 Å². The number of halogens is 1. The van der Waals surface area contributed by atoms with Gasteiger partial charge >= 0.3 is 0 Å². The summed E-state index contributed by atoms with van der Waals surface area (Å²) in [5.41, 5.74) is 7.10.